The van der Waals surface area contributed by atoms with E-state index in [0.29, 0.717) is 5.69 Å². The monoisotopic (exact) mass is 247 g/mol. The number of nitrogens with zero attached hydrogens (tertiary/aromatic N) is 2. The van der Waals surface area contributed by atoms with Crippen LogP contribution >= 0.6 is 0 Å². The second-order valence-electron chi connectivity index (χ2n) is 3.77. The van der Waals surface area contributed by atoms with Crippen LogP contribution in [0.5, 0.6) is 0 Å². The minimum absolute atomic E-state index is 0.233. The number of nitrogens with one attached hydrogen (secondary N) is 1. The van der Waals surface area contributed by atoms with Crippen molar-refractivity contribution in [2.75, 3.05) is 11.9 Å². The van der Waals surface area contributed by atoms with E-state index in [4.69, 9.17) is 5.11 Å². The highest BCUT2D eigenvalue weighted by molar-refractivity contribution is 6.08. The number of hydrogen-bond acceptors (Lipinski definition) is 5. The topological polar surface area (TPSA) is 114 Å². The number of fused-ring (bicyclic) bond motifs is 1. The molecule has 1 amide bonds. The third-order valence-electron chi connectivity index (χ3n) is 2.73. The van der Waals surface area contributed by atoms with Crippen LogP contribution < -0.4 is 5.32 Å². The average Bonchev–Trinajstić information content (AvgIpc) is 2.60. The smallest absolute Gasteiger partial charge is 0.320 e. The number of carboxylic acid groups (broad SMARTS) is 1. The van der Waals surface area contributed by atoms with Gasteiger partial charge < -0.3 is 15.6 Å². The van der Waals surface area contributed by atoms with Gasteiger partial charge in [-0.15, -0.1) is 5.06 Å². The molecule has 1 unspecified atom stereocenters. The summed E-state index contributed by atoms with van der Waals surface area (Å²) in [6.07, 6.45) is 0. The first-order valence-electron chi connectivity index (χ1n) is 5.03. The third-order valence-corrected chi connectivity index (χ3v) is 2.73. The van der Waals surface area contributed by atoms with Crippen LogP contribution in [0.4, 0.5) is 5.69 Å². The van der Waals surface area contributed by atoms with Gasteiger partial charge in [0, 0.05) is 11.3 Å². The Labute approximate surface area is 102 Å². The molecule has 3 N–H and O–H groups in total. The van der Waals surface area contributed by atoms with Crippen molar-refractivity contribution in [2.24, 2.45) is 0 Å². The Balaban J connectivity index is 2.54. The van der Waals surface area contributed by atoms with E-state index in [2.05, 4.69) is 5.32 Å². The maximum absolute atomic E-state index is 11.9. The first-order valence-corrected chi connectivity index (χ1v) is 5.03. The van der Waals surface area contributed by atoms with Crippen LogP contribution in [-0.4, -0.2) is 33.8 Å². The van der Waals surface area contributed by atoms with E-state index in [1.165, 1.54) is 6.07 Å². The number of nitriles is 1. The summed E-state index contributed by atoms with van der Waals surface area (Å²) in [5, 5.41) is 30.3. The molecule has 1 aromatic carbocycles. The van der Waals surface area contributed by atoms with Gasteiger partial charge in [-0.05, 0) is 6.07 Å². The van der Waals surface area contributed by atoms with Crippen molar-refractivity contribution in [3.05, 3.63) is 29.8 Å². The summed E-state index contributed by atoms with van der Waals surface area (Å²) in [6.45, 7) is -0.838. The van der Waals surface area contributed by atoms with E-state index in [9.17, 15) is 20.1 Å². The molecule has 0 aromatic heterocycles. The number of anilines is 1. The Hall–Kier alpha value is -2.43. The summed E-state index contributed by atoms with van der Waals surface area (Å²) in [4.78, 5) is 22.5. The summed E-state index contributed by atoms with van der Waals surface area (Å²) in [7, 11) is 0. The van der Waals surface area contributed by atoms with Crippen LogP contribution in [0.1, 0.15) is 5.56 Å². The molecule has 18 heavy (non-hydrogen) atoms. The zero-order chi connectivity index (χ0) is 13.3. The second-order valence-corrected chi connectivity index (χ2v) is 3.77. The van der Waals surface area contributed by atoms with E-state index in [0.717, 1.165) is 0 Å². The van der Waals surface area contributed by atoms with Gasteiger partial charge in [-0.25, -0.2) is 0 Å². The van der Waals surface area contributed by atoms with Crippen LogP contribution in [0, 0.1) is 11.3 Å². The molecule has 1 aliphatic heterocycles. The highest BCUT2D eigenvalue weighted by Gasteiger charge is 2.52. The van der Waals surface area contributed by atoms with E-state index in [1.54, 1.807) is 24.3 Å². The van der Waals surface area contributed by atoms with Crippen LogP contribution in [-0.2, 0) is 15.1 Å². The normalized spacial score (nSPS) is 21.3. The molecule has 0 saturated heterocycles. The van der Waals surface area contributed by atoms with Crippen molar-refractivity contribution in [1.29, 1.82) is 5.26 Å². The van der Waals surface area contributed by atoms with Crippen LogP contribution in [0.25, 0.3) is 0 Å². The SMILES string of the molecule is N#CC1(N(O)CC(=O)O)C(=O)Nc2ccccc21. The number of carbonyl (C=O) groups is 2. The van der Waals surface area contributed by atoms with Gasteiger partial charge in [0.25, 0.3) is 5.91 Å². The molecule has 1 aromatic rings. The fourth-order valence-electron chi connectivity index (χ4n) is 1.91. The van der Waals surface area contributed by atoms with Gasteiger partial charge in [-0.1, -0.05) is 18.2 Å². The number of aliphatic carboxylic acids is 1. The van der Waals surface area contributed by atoms with Gasteiger partial charge in [-0.2, -0.15) is 5.26 Å². The summed E-state index contributed by atoms with van der Waals surface area (Å²) in [6, 6.07) is 8.00. The summed E-state index contributed by atoms with van der Waals surface area (Å²) in [5.74, 6) is -2.11. The number of hydrogen-bond donors (Lipinski definition) is 3. The molecule has 92 valence electrons. The van der Waals surface area contributed by atoms with Gasteiger partial charge in [-0.3, -0.25) is 9.59 Å². The number of para-hydroxylation sites is 1. The largest absolute Gasteiger partial charge is 0.480 e. The molecule has 2 rings (SSSR count). The van der Waals surface area contributed by atoms with Gasteiger partial charge in [0.2, 0.25) is 5.54 Å². The number of benzene rings is 1. The van der Waals surface area contributed by atoms with Gasteiger partial charge in [0.1, 0.15) is 12.6 Å². The quantitative estimate of drug-likeness (QED) is 0.654. The molecule has 1 aliphatic rings. The van der Waals surface area contributed by atoms with Crippen LogP contribution in [0.3, 0.4) is 0 Å². The molecule has 0 aliphatic carbocycles. The lowest BCUT2D eigenvalue weighted by molar-refractivity contribution is -0.179. The van der Waals surface area contributed by atoms with Crippen molar-refractivity contribution < 1.29 is 19.9 Å². The predicted octanol–water partition coefficient (Wildman–Crippen LogP) is 0.133. The van der Waals surface area contributed by atoms with Gasteiger partial charge >= 0.3 is 5.97 Å². The average molecular weight is 247 g/mol. The lowest BCUT2D eigenvalue weighted by Crippen LogP contribution is -2.50. The Morgan fingerprint density at radius 3 is 2.78 bits per heavy atom. The molecule has 0 fully saturated rings. The lowest BCUT2D eigenvalue weighted by atomic mass is 9.92. The van der Waals surface area contributed by atoms with E-state index in [1.807, 2.05) is 0 Å². The first-order chi connectivity index (χ1) is 8.52. The molecule has 0 bridgehead atoms. The maximum Gasteiger partial charge on any atom is 0.320 e. The van der Waals surface area contributed by atoms with Crippen molar-refractivity contribution in [3.8, 4) is 6.07 Å². The van der Waals surface area contributed by atoms with Crippen molar-refractivity contribution in [1.82, 2.24) is 5.06 Å². The molecule has 7 heteroatoms. The zero-order valence-corrected chi connectivity index (χ0v) is 9.12. The zero-order valence-electron chi connectivity index (χ0n) is 9.12. The minimum Gasteiger partial charge on any atom is -0.480 e. The van der Waals surface area contributed by atoms with Crippen LogP contribution in [0.2, 0.25) is 0 Å². The molecule has 0 radical (unpaired) electrons. The van der Waals surface area contributed by atoms with Crippen molar-refractivity contribution in [3.63, 3.8) is 0 Å². The van der Waals surface area contributed by atoms with E-state index in [-0.39, 0.29) is 10.6 Å². The minimum atomic E-state index is -2.02. The Bertz CT molecular complexity index is 566. The Kier molecular flexibility index (Phi) is 2.74. The molecule has 1 atom stereocenters. The molecule has 1 heterocycles. The van der Waals surface area contributed by atoms with Crippen molar-refractivity contribution >= 4 is 17.6 Å². The highest BCUT2D eigenvalue weighted by atomic mass is 16.5. The number of carboxylic acids is 1. The molecule has 0 saturated carbocycles. The summed E-state index contributed by atoms with van der Waals surface area (Å²) in [5.41, 5.74) is -1.40. The molecular formula is C11H9N3O4. The maximum atomic E-state index is 11.9. The van der Waals surface area contributed by atoms with Crippen LogP contribution in [0.15, 0.2) is 24.3 Å². The van der Waals surface area contributed by atoms with Crippen molar-refractivity contribution in [2.45, 2.75) is 5.54 Å². The van der Waals surface area contributed by atoms with Gasteiger partial charge in [0.05, 0.1) is 0 Å². The molecule has 7 nitrogen and oxygen atoms in total. The Morgan fingerprint density at radius 1 is 1.50 bits per heavy atom. The standard InChI is InChI=1S/C11H9N3O4/c12-6-11(14(18)5-9(15)16)7-3-1-2-4-8(7)13-10(11)17/h1-4,18H,5H2,(H,13,17)(H,15,16). The van der Waals surface area contributed by atoms with Gasteiger partial charge in [0.15, 0.2) is 0 Å². The van der Waals surface area contributed by atoms with E-state index < -0.39 is 24.0 Å². The number of carbonyl (C=O) groups excluding carboxylic acids is 1. The Morgan fingerprint density at radius 2 is 2.17 bits per heavy atom. The summed E-state index contributed by atoms with van der Waals surface area (Å²) >= 11 is 0. The number of rotatable bonds is 3. The fraction of sp³-hybridized carbons (Fsp3) is 0.182. The highest BCUT2D eigenvalue weighted by Crippen LogP contribution is 2.38. The number of hydroxylamine groups is 2. The predicted molar refractivity (Wildman–Crippen MR) is 58.5 cm³/mol. The first kappa shape index (κ1) is 12.0. The molecule has 0 spiro atoms. The summed E-state index contributed by atoms with van der Waals surface area (Å²) < 4.78 is 0. The fourth-order valence-corrected chi connectivity index (χ4v) is 1.91. The third kappa shape index (κ3) is 1.52. The second kappa shape index (κ2) is 4.10. The molecular weight excluding hydrogens is 238 g/mol. The lowest BCUT2D eigenvalue weighted by Gasteiger charge is -2.26. The van der Waals surface area contributed by atoms with E-state index >= 15 is 0 Å². The number of amides is 1.